The number of thioether (sulfide) groups is 1. The molecule has 1 saturated heterocycles. The first kappa shape index (κ1) is 25.5. The number of aryl methyl sites for hydroxylation is 1. The van der Waals surface area contributed by atoms with Crippen LogP contribution in [0.4, 0.5) is 17.3 Å². The molecule has 6 rings (SSSR count). The van der Waals surface area contributed by atoms with Crippen LogP contribution >= 0.6 is 11.8 Å². The largest absolute Gasteiger partial charge is 0.617 e. The van der Waals surface area contributed by atoms with Crippen LogP contribution in [0.5, 0.6) is 0 Å². The third-order valence-corrected chi connectivity index (χ3v) is 9.30. The summed E-state index contributed by atoms with van der Waals surface area (Å²) >= 11 is 1.08. The Hall–Kier alpha value is -2.82. The lowest BCUT2D eigenvalue weighted by atomic mass is 9.93. The maximum absolute atomic E-state index is 11.6. The van der Waals surface area contributed by atoms with Crippen molar-refractivity contribution in [3.05, 3.63) is 48.3 Å². The van der Waals surface area contributed by atoms with Gasteiger partial charge in [0.1, 0.15) is 28.1 Å². The molecule has 2 aliphatic rings. The number of nitrogens with one attached hydrogen (secondary N) is 1. The number of benzene rings is 1. The second kappa shape index (κ2) is 10.4. The van der Waals surface area contributed by atoms with Crippen LogP contribution in [0.2, 0.25) is 0 Å². The molecule has 0 radical (unpaired) electrons. The summed E-state index contributed by atoms with van der Waals surface area (Å²) in [6.07, 6.45) is 8.06. The van der Waals surface area contributed by atoms with E-state index in [2.05, 4.69) is 58.4 Å². The van der Waals surface area contributed by atoms with Crippen molar-refractivity contribution in [2.45, 2.75) is 42.9 Å². The zero-order chi connectivity index (χ0) is 26.4. The van der Waals surface area contributed by atoms with Gasteiger partial charge in [0.15, 0.2) is 5.82 Å². The standard InChI is InChI=1S/C28H33N7OS2/c1-17(2)20-7-8-23(35-14-18(15-35)16-38(4)36)22-13-30-26(11-21(20)22)31-25-9-10-29-28(32-25)24-12-27(33-34(24)3)37-19-5-6-19/h7-13,17-19H,5-6,14-16H2,1-4H3,(H,29,30,31,32). The maximum atomic E-state index is 11.6. The molecule has 3 aromatic heterocycles. The summed E-state index contributed by atoms with van der Waals surface area (Å²) in [5.74, 6) is 3.72. The molecule has 38 heavy (non-hydrogen) atoms. The van der Waals surface area contributed by atoms with E-state index < -0.39 is 11.2 Å². The highest BCUT2D eigenvalue weighted by molar-refractivity contribution is 8.00. The van der Waals surface area contributed by atoms with Crippen LogP contribution in [-0.2, 0) is 18.2 Å². The van der Waals surface area contributed by atoms with Crippen molar-refractivity contribution < 1.29 is 4.55 Å². The number of anilines is 3. The number of aromatic nitrogens is 5. The summed E-state index contributed by atoms with van der Waals surface area (Å²) in [6, 6.07) is 10.5. The summed E-state index contributed by atoms with van der Waals surface area (Å²) < 4.78 is 13.5. The van der Waals surface area contributed by atoms with E-state index in [9.17, 15) is 4.55 Å². The van der Waals surface area contributed by atoms with Gasteiger partial charge in [0.2, 0.25) is 0 Å². The molecule has 1 aliphatic heterocycles. The Morgan fingerprint density at radius 3 is 2.66 bits per heavy atom. The summed E-state index contributed by atoms with van der Waals surface area (Å²) in [5.41, 5.74) is 3.39. The summed E-state index contributed by atoms with van der Waals surface area (Å²) in [7, 11) is 1.94. The predicted molar refractivity (Wildman–Crippen MR) is 157 cm³/mol. The van der Waals surface area contributed by atoms with Gasteiger partial charge in [-0.25, -0.2) is 15.0 Å². The Balaban J connectivity index is 1.26. The predicted octanol–water partition coefficient (Wildman–Crippen LogP) is 5.36. The van der Waals surface area contributed by atoms with Crippen LogP contribution in [0.3, 0.4) is 0 Å². The zero-order valence-electron chi connectivity index (χ0n) is 22.2. The van der Waals surface area contributed by atoms with Crippen LogP contribution in [-0.4, -0.2) is 59.6 Å². The van der Waals surface area contributed by atoms with Gasteiger partial charge in [-0.3, -0.25) is 4.68 Å². The summed E-state index contributed by atoms with van der Waals surface area (Å²) in [6.45, 7) is 6.32. The molecule has 1 aliphatic carbocycles. The minimum Gasteiger partial charge on any atom is -0.617 e. The Morgan fingerprint density at radius 1 is 1.11 bits per heavy atom. The first-order valence-electron chi connectivity index (χ1n) is 13.1. The number of hydrogen-bond acceptors (Lipinski definition) is 8. The van der Waals surface area contributed by atoms with Gasteiger partial charge in [0, 0.05) is 60.8 Å². The molecule has 1 saturated carbocycles. The Bertz CT molecular complexity index is 1460. The highest BCUT2D eigenvalue weighted by atomic mass is 32.2. The smallest absolute Gasteiger partial charge is 0.179 e. The third kappa shape index (κ3) is 5.34. The van der Waals surface area contributed by atoms with E-state index in [0.717, 1.165) is 40.8 Å². The van der Waals surface area contributed by atoms with E-state index >= 15 is 0 Å². The molecule has 1 atom stereocenters. The molecule has 198 valence electrons. The zero-order valence-corrected chi connectivity index (χ0v) is 23.9. The highest BCUT2D eigenvalue weighted by Gasteiger charge is 2.31. The highest BCUT2D eigenvalue weighted by Crippen LogP contribution is 2.40. The molecule has 2 fully saturated rings. The van der Waals surface area contributed by atoms with E-state index in [1.54, 1.807) is 12.5 Å². The Morgan fingerprint density at radius 2 is 1.92 bits per heavy atom. The Kier molecular flexibility index (Phi) is 6.96. The van der Waals surface area contributed by atoms with E-state index in [0.29, 0.717) is 28.7 Å². The lowest BCUT2D eigenvalue weighted by Crippen LogP contribution is -2.49. The minimum atomic E-state index is -0.753. The van der Waals surface area contributed by atoms with Gasteiger partial charge in [-0.1, -0.05) is 31.1 Å². The van der Waals surface area contributed by atoms with Crippen LogP contribution in [0, 0.1) is 5.92 Å². The van der Waals surface area contributed by atoms with E-state index in [1.165, 1.54) is 29.5 Å². The molecule has 1 aromatic carbocycles. The lowest BCUT2D eigenvalue weighted by Gasteiger charge is -2.41. The van der Waals surface area contributed by atoms with Gasteiger partial charge in [0.05, 0.1) is 6.26 Å². The van der Waals surface area contributed by atoms with Gasteiger partial charge in [-0.15, -0.1) is 11.8 Å². The van der Waals surface area contributed by atoms with Crippen molar-refractivity contribution in [2.24, 2.45) is 13.0 Å². The normalized spacial score (nSPS) is 16.7. The molecular weight excluding hydrogens is 514 g/mol. The van der Waals surface area contributed by atoms with Crippen molar-refractivity contribution in [1.82, 2.24) is 24.7 Å². The van der Waals surface area contributed by atoms with E-state index in [-0.39, 0.29) is 0 Å². The molecule has 1 unspecified atom stereocenters. The molecule has 0 bridgehead atoms. The van der Waals surface area contributed by atoms with Gasteiger partial charge in [-0.2, -0.15) is 5.10 Å². The summed E-state index contributed by atoms with van der Waals surface area (Å²) in [5, 5.41) is 12.1. The minimum absolute atomic E-state index is 0.381. The monoisotopic (exact) mass is 547 g/mol. The molecular formula is C28H33N7OS2. The topological polar surface area (TPSA) is 94.8 Å². The average Bonchev–Trinajstić information content (AvgIpc) is 3.59. The molecule has 4 heterocycles. The van der Waals surface area contributed by atoms with Gasteiger partial charge < -0.3 is 14.8 Å². The fourth-order valence-corrected chi connectivity index (χ4v) is 6.98. The first-order chi connectivity index (χ1) is 18.3. The molecule has 4 aromatic rings. The molecule has 1 N–H and O–H groups in total. The second-order valence-corrected chi connectivity index (χ2v) is 13.5. The number of hydrogen-bond donors (Lipinski definition) is 1. The molecule has 0 amide bonds. The molecule has 8 nitrogen and oxygen atoms in total. The van der Waals surface area contributed by atoms with Crippen LogP contribution in [0.15, 0.2) is 47.8 Å². The summed E-state index contributed by atoms with van der Waals surface area (Å²) in [4.78, 5) is 16.4. The van der Waals surface area contributed by atoms with Gasteiger partial charge in [0.25, 0.3) is 0 Å². The van der Waals surface area contributed by atoms with Crippen molar-refractivity contribution in [2.75, 3.05) is 35.3 Å². The fourth-order valence-electron chi connectivity index (χ4n) is 5.05. The number of pyridine rings is 1. The fraction of sp³-hybridized carbons (Fsp3) is 0.429. The number of rotatable bonds is 9. The van der Waals surface area contributed by atoms with Gasteiger partial charge in [-0.05, 0) is 47.9 Å². The van der Waals surface area contributed by atoms with Crippen molar-refractivity contribution in [3.8, 4) is 11.5 Å². The van der Waals surface area contributed by atoms with Crippen LogP contribution in [0.1, 0.15) is 38.2 Å². The SMILES string of the molecule is CC(C)c1ccc(N2CC(C[S+](C)[O-])C2)c2cnc(Nc3ccnc(-c4cc(SC5CC5)nn4C)n3)cc12. The van der Waals surface area contributed by atoms with Gasteiger partial charge >= 0.3 is 0 Å². The Labute approximate surface area is 230 Å². The molecule has 10 heteroatoms. The van der Waals surface area contributed by atoms with Crippen molar-refractivity contribution in [1.29, 1.82) is 0 Å². The first-order valence-corrected chi connectivity index (χ1v) is 15.7. The average molecular weight is 548 g/mol. The third-order valence-electron chi connectivity index (χ3n) is 7.11. The van der Waals surface area contributed by atoms with Crippen molar-refractivity contribution in [3.63, 3.8) is 0 Å². The van der Waals surface area contributed by atoms with Crippen molar-refractivity contribution >= 4 is 51.0 Å². The quantitative estimate of drug-likeness (QED) is 0.280. The molecule has 0 spiro atoms. The second-order valence-electron chi connectivity index (χ2n) is 10.7. The number of fused-ring (bicyclic) bond motifs is 1. The maximum Gasteiger partial charge on any atom is 0.179 e. The van der Waals surface area contributed by atoms with E-state index in [4.69, 9.17) is 9.97 Å². The van der Waals surface area contributed by atoms with Crippen LogP contribution in [0.25, 0.3) is 22.3 Å². The number of nitrogens with zero attached hydrogens (tertiary/aromatic N) is 6. The van der Waals surface area contributed by atoms with E-state index in [1.807, 2.05) is 35.8 Å². The van der Waals surface area contributed by atoms with Crippen LogP contribution < -0.4 is 10.2 Å². The lowest BCUT2D eigenvalue weighted by molar-refractivity contribution is 0.445.